The maximum absolute atomic E-state index is 4.79. The first-order valence-electron chi connectivity index (χ1n) is 8.61. The normalized spacial score (nSPS) is 22.7. The zero-order valence-corrected chi connectivity index (χ0v) is 14.1. The Morgan fingerprint density at radius 2 is 2.00 bits per heavy atom. The van der Waals surface area contributed by atoms with E-state index in [-0.39, 0.29) is 0 Å². The summed E-state index contributed by atoms with van der Waals surface area (Å²) < 4.78 is 2.71. The molecule has 1 heterocycles. The summed E-state index contributed by atoms with van der Waals surface area (Å²) in [7, 11) is 0. The molecule has 0 amide bonds. The molecule has 0 spiro atoms. The van der Waals surface area contributed by atoms with Crippen LogP contribution in [0.15, 0.2) is 12.3 Å². The molecule has 3 rings (SSSR count). The topological polar surface area (TPSA) is 29.9 Å². The van der Waals surface area contributed by atoms with E-state index < -0.39 is 0 Å². The van der Waals surface area contributed by atoms with Crippen molar-refractivity contribution in [1.82, 2.24) is 15.1 Å². The number of nitrogens with zero attached hydrogens (tertiary/aromatic N) is 2. The van der Waals surface area contributed by atoms with Gasteiger partial charge < -0.3 is 5.32 Å². The standard InChI is InChI=1S/C17H29N3S/c1-21-17(10-5-6-11-17)14-18-13-15-9-12-20(19-15)16-7-3-2-4-8-16/h9,12,16,18H,2-8,10-11,13-14H2,1H3. The number of hydrogen-bond acceptors (Lipinski definition) is 3. The van der Waals surface area contributed by atoms with Crippen LogP contribution in [0.4, 0.5) is 0 Å². The highest BCUT2D eigenvalue weighted by molar-refractivity contribution is 8.00. The molecule has 0 unspecified atom stereocenters. The summed E-state index contributed by atoms with van der Waals surface area (Å²) in [4.78, 5) is 0. The quantitative estimate of drug-likeness (QED) is 0.856. The maximum Gasteiger partial charge on any atom is 0.0762 e. The molecule has 4 heteroatoms. The molecule has 1 N–H and O–H groups in total. The predicted octanol–water partition coefficient (Wildman–Crippen LogP) is 4.15. The molecule has 0 saturated heterocycles. The van der Waals surface area contributed by atoms with Crippen LogP contribution >= 0.6 is 11.8 Å². The van der Waals surface area contributed by atoms with Crippen molar-refractivity contribution in [2.75, 3.05) is 12.8 Å². The molecule has 0 aromatic carbocycles. The lowest BCUT2D eigenvalue weighted by atomic mass is 9.96. The van der Waals surface area contributed by atoms with Gasteiger partial charge in [-0.05, 0) is 38.0 Å². The van der Waals surface area contributed by atoms with Crippen molar-refractivity contribution < 1.29 is 0 Å². The van der Waals surface area contributed by atoms with Gasteiger partial charge in [-0.15, -0.1) is 0 Å². The van der Waals surface area contributed by atoms with Crippen LogP contribution in [0.5, 0.6) is 0 Å². The van der Waals surface area contributed by atoms with E-state index >= 15 is 0 Å². The first kappa shape index (κ1) is 15.4. The highest BCUT2D eigenvalue weighted by atomic mass is 32.2. The van der Waals surface area contributed by atoms with E-state index in [9.17, 15) is 0 Å². The van der Waals surface area contributed by atoms with Crippen molar-refractivity contribution in [2.24, 2.45) is 0 Å². The summed E-state index contributed by atoms with van der Waals surface area (Å²) >= 11 is 2.05. The third-order valence-corrected chi connectivity index (χ3v) is 6.73. The van der Waals surface area contributed by atoms with Crippen LogP contribution < -0.4 is 5.32 Å². The highest BCUT2D eigenvalue weighted by Crippen LogP contribution is 2.39. The maximum atomic E-state index is 4.79. The lowest BCUT2D eigenvalue weighted by molar-refractivity contribution is 0.327. The second-order valence-electron chi connectivity index (χ2n) is 6.78. The molecular weight excluding hydrogens is 278 g/mol. The number of nitrogens with one attached hydrogen (secondary N) is 1. The summed E-state index contributed by atoms with van der Waals surface area (Å²) in [5, 5.41) is 8.45. The average Bonchev–Trinajstić information content (AvgIpc) is 3.18. The predicted molar refractivity (Wildman–Crippen MR) is 90.8 cm³/mol. The molecule has 2 aliphatic rings. The van der Waals surface area contributed by atoms with E-state index in [2.05, 4.69) is 40.3 Å². The van der Waals surface area contributed by atoms with Crippen molar-refractivity contribution in [3.8, 4) is 0 Å². The van der Waals surface area contributed by atoms with Gasteiger partial charge in [0.15, 0.2) is 0 Å². The Balaban J connectivity index is 1.48. The van der Waals surface area contributed by atoms with Gasteiger partial charge >= 0.3 is 0 Å². The lowest BCUT2D eigenvalue weighted by Crippen LogP contribution is -2.34. The molecule has 0 bridgehead atoms. The van der Waals surface area contributed by atoms with Gasteiger partial charge in [-0.3, -0.25) is 4.68 Å². The van der Waals surface area contributed by atoms with Crippen molar-refractivity contribution >= 4 is 11.8 Å². The summed E-state index contributed by atoms with van der Waals surface area (Å²) in [6, 6.07) is 2.85. The minimum absolute atomic E-state index is 0.492. The monoisotopic (exact) mass is 307 g/mol. The largest absolute Gasteiger partial charge is 0.310 e. The van der Waals surface area contributed by atoms with Crippen molar-refractivity contribution in [1.29, 1.82) is 0 Å². The minimum atomic E-state index is 0.492. The summed E-state index contributed by atoms with van der Waals surface area (Å²) in [5.41, 5.74) is 1.20. The third-order valence-electron chi connectivity index (χ3n) is 5.31. The fourth-order valence-electron chi connectivity index (χ4n) is 3.91. The van der Waals surface area contributed by atoms with E-state index in [0.29, 0.717) is 10.8 Å². The third kappa shape index (κ3) is 3.84. The fraction of sp³-hybridized carbons (Fsp3) is 0.824. The zero-order valence-electron chi connectivity index (χ0n) is 13.3. The van der Waals surface area contributed by atoms with Crippen molar-refractivity contribution in [3.05, 3.63) is 18.0 Å². The Morgan fingerprint density at radius 1 is 1.24 bits per heavy atom. The molecule has 2 fully saturated rings. The number of aromatic nitrogens is 2. The van der Waals surface area contributed by atoms with Gasteiger partial charge in [-0.2, -0.15) is 16.9 Å². The van der Waals surface area contributed by atoms with Gasteiger partial charge in [0.1, 0.15) is 0 Å². The SMILES string of the molecule is CSC1(CNCc2ccn(C3CCCCC3)n2)CCCC1. The van der Waals surface area contributed by atoms with Crippen LogP contribution in [0.2, 0.25) is 0 Å². The molecule has 1 aromatic rings. The molecular formula is C17H29N3S. The molecule has 0 atom stereocenters. The van der Waals surface area contributed by atoms with E-state index in [1.165, 1.54) is 63.5 Å². The molecule has 2 aliphatic carbocycles. The van der Waals surface area contributed by atoms with E-state index in [1.807, 2.05) is 0 Å². The van der Waals surface area contributed by atoms with Crippen LogP contribution in [0.1, 0.15) is 69.5 Å². The van der Waals surface area contributed by atoms with E-state index in [1.54, 1.807) is 0 Å². The minimum Gasteiger partial charge on any atom is -0.310 e. The van der Waals surface area contributed by atoms with Crippen LogP contribution in [0, 0.1) is 0 Å². The van der Waals surface area contributed by atoms with Gasteiger partial charge in [-0.25, -0.2) is 0 Å². The Kier molecular flexibility index (Phi) is 5.28. The van der Waals surface area contributed by atoms with Crippen LogP contribution in [0.3, 0.4) is 0 Å². The van der Waals surface area contributed by atoms with Gasteiger partial charge in [0, 0.05) is 24.0 Å². The number of thioether (sulfide) groups is 1. The number of rotatable bonds is 6. The lowest BCUT2D eigenvalue weighted by Gasteiger charge is -2.26. The Hall–Kier alpha value is -0.480. The first-order chi connectivity index (χ1) is 10.3. The van der Waals surface area contributed by atoms with Crippen molar-refractivity contribution in [2.45, 2.75) is 75.1 Å². The van der Waals surface area contributed by atoms with Crippen LogP contribution in [-0.4, -0.2) is 27.3 Å². The van der Waals surface area contributed by atoms with Gasteiger partial charge in [0.2, 0.25) is 0 Å². The van der Waals surface area contributed by atoms with E-state index in [0.717, 1.165) is 13.1 Å². The van der Waals surface area contributed by atoms with Crippen molar-refractivity contribution in [3.63, 3.8) is 0 Å². The molecule has 118 valence electrons. The average molecular weight is 308 g/mol. The van der Waals surface area contributed by atoms with Gasteiger partial charge in [-0.1, -0.05) is 32.1 Å². The van der Waals surface area contributed by atoms with Gasteiger partial charge in [0.05, 0.1) is 11.7 Å². The van der Waals surface area contributed by atoms with E-state index in [4.69, 9.17) is 5.10 Å². The Bertz CT molecular complexity index is 431. The summed E-state index contributed by atoms with van der Waals surface area (Å²) in [6.07, 6.45) is 16.8. The molecule has 0 aliphatic heterocycles. The van der Waals surface area contributed by atoms with Crippen LogP contribution in [-0.2, 0) is 6.54 Å². The fourth-order valence-corrected chi connectivity index (χ4v) is 4.85. The second kappa shape index (κ2) is 7.19. The zero-order chi connectivity index (χ0) is 14.5. The Labute approximate surface area is 133 Å². The second-order valence-corrected chi connectivity index (χ2v) is 8.05. The summed E-state index contributed by atoms with van der Waals surface area (Å²) in [5.74, 6) is 0. The Morgan fingerprint density at radius 3 is 2.71 bits per heavy atom. The molecule has 2 saturated carbocycles. The smallest absolute Gasteiger partial charge is 0.0762 e. The summed E-state index contributed by atoms with van der Waals surface area (Å²) in [6.45, 7) is 2.05. The van der Waals surface area contributed by atoms with Gasteiger partial charge in [0.25, 0.3) is 0 Å². The molecule has 3 nitrogen and oxygen atoms in total. The highest BCUT2D eigenvalue weighted by Gasteiger charge is 2.32. The molecule has 1 aromatic heterocycles. The van der Waals surface area contributed by atoms with Crippen LogP contribution in [0.25, 0.3) is 0 Å². The first-order valence-corrected chi connectivity index (χ1v) is 9.84. The molecule has 21 heavy (non-hydrogen) atoms. The molecule has 0 radical (unpaired) electrons. The number of hydrogen-bond donors (Lipinski definition) is 1.